The lowest BCUT2D eigenvalue weighted by Gasteiger charge is -2.08. The highest BCUT2D eigenvalue weighted by Crippen LogP contribution is 2.22. The lowest BCUT2D eigenvalue weighted by atomic mass is 10.1. The first-order valence-electron chi connectivity index (χ1n) is 4.68. The van der Waals surface area contributed by atoms with E-state index in [0.717, 1.165) is 25.8 Å². The van der Waals surface area contributed by atoms with Crippen LogP contribution in [-0.4, -0.2) is 18.5 Å². The fourth-order valence-corrected chi connectivity index (χ4v) is 1.69. The van der Waals surface area contributed by atoms with E-state index in [1.165, 1.54) is 0 Å². The molecular formula is C10H16N2O. The zero-order chi connectivity index (χ0) is 9.68. The predicted octanol–water partition coefficient (Wildman–Crippen LogP) is 0.253. The molecule has 0 heterocycles. The van der Waals surface area contributed by atoms with Gasteiger partial charge in [0.05, 0.1) is 0 Å². The van der Waals surface area contributed by atoms with Crippen LogP contribution < -0.4 is 11.1 Å². The van der Waals surface area contributed by atoms with E-state index in [4.69, 9.17) is 5.73 Å². The standard InChI is InChI=1S/C10H16N2O/c1-2-3-10(13)12-7-8-4-5-9(11)6-8/h8-9H,4-7,11H2,1H3,(H,12,13). The Hall–Kier alpha value is -1.01. The highest BCUT2D eigenvalue weighted by molar-refractivity contribution is 5.93. The molecule has 0 saturated heterocycles. The van der Waals surface area contributed by atoms with Crippen LogP contribution in [-0.2, 0) is 4.79 Å². The summed E-state index contributed by atoms with van der Waals surface area (Å²) in [5.74, 6) is 5.39. The Balaban J connectivity index is 2.18. The van der Waals surface area contributed by atoms with Gasteiger partial charge in [-0.25, -0.2) is 0 Å². The molecule has 3 heteroatoms. The molecule has 0 aromatic rings. The molecular weight excluding hydrogens is 164 g/mol. The second-order valence-corrected chi connectivity index (χ2v) is 3.52. The van der Waals surface area contributed by atoms with Gasteiger partial charge in [-0.3, -0.25) is 4.79 Å². The van der Waals surface area contributed by atoms with Crippen molar-refractivity contribution in [3.8, 4) is 11.8 Å². The van der Waals surface area contributed by atoms with Crippen LogP contribution >= 0.6 is 0 Å². The van der Waals surface area contributed by atoms with Gasteiger partial charge in [-0.2, -0.15) is 0 Å². The molecule has 1 fully saturated rings. The third-order valence-corrected chi connectivity index (χ3v) is 2.37. The van der Waals surface area contributed by atoms with Gasteiger partial charge in [0.2, 0.25) is 0 Å². The molecule has 3 N–H and O–H groups in total. The highest BCUT2D eigenvalue weighted by Gasteiger charge is 2.21. The third-order valence-electron chi connectivity index (χ3n) is 2.37. The van der Waals surface area contributed by atoms with Crippen LogP contribution in [0.4, 0.5) is 0 Å². The van der Waals surface area contributed by atoms with Crippen LogP contribution in [0.15, 0.2) is 0 Å². The Kier molecular flexibility index (Phi) is 3.78. The van der Waals surface area contributed by atoms with Gasteiger partial charge in [0.1, 0.15) is 0 Å². The summed E-state index contributed by atoms with van der Waals surface area (Å²) in [4.78, 5) is 11.0. The van der Waals surface area contributed by atoms with Gasteiger partial charge in [0.15, 0.2) is 0 Å². The lowest BCUT2D eigenvalue weighted by molar-refractivity contribution is -0.115. The van der Waals surface area contributed by atoms with Crippen molar-refractivity contribution >= 4 is 5.91 Å². The van der Waals surface area contributed by atoms with E-state index in [2.05, 4.69) is 17.2 Å². The molecule has 0 radical (unpaired) electrons. The fraction of sp³-hybridized carbons (Fsp3) is 0.700. The average molecular weight is 180 g/mol. The number of amides is 1. The Bertz CT molecular complexity index is 239. The zero-order valence-corrected chi connectivity index (χ0v) is 7.97. The summed E-state index contributed by atoms with van der Waals surface area (Å²) in [5, 5.41) is 2.78. The second-order valence-electron chi connectivity index (χ2n) is 3.52. The molecule has 1 aliphatic carbocycles. The summed E-state index contributed by atoms with van der Waals surface area (Å²) in [6.45, 7) is 2.38. The molecule has 1 saturated carbocycles. The second kappa shape index (κ2) is 4.88. The summed E-state index contributed by atoms with van der Waals surface area (Å²) < 4.78 is 0. The largest absolute Gasteiger partial charge is 0.345 e. The van der Waals surface area contributed by atoms with Crippen LogP contribution in [0.2, 0.25) is 0 Å². The zero-order valence-electron chi connectivity index (χ0n) is 7.97. The van der Waals surface area contributed by atoms with E-state index in [1.807, 2.05) is 0 Å². The molecule has 2 atom stereocenters. The number of hydrogen-bond acceptors (Lipinski definition) is 2. The van der Waals surface area contributed by atoms with Crippen molar-refractivity contribution in [2.75, 3.05) is 6.54 Å². The van der Waals surface area contributed by atoms with Gasteiger partial charge >= 0.3 is 0 Å². The first-order valence-corrected chi connectivity index (χ1v) is 4.68. The van der Waals surface area contributed by atoms with Gasteiger partial charge in [-0.05, 0) is 38.0 Å². The van der Waals surface area contributed by atoms with E-state index in [1.54, 1.807) is 6.92 Å². The summed E-state index contributed by atoms with van der Waals surface area (Å²) in [6.07, 6.45) is 3.24. The van der Waals surface area contributed by atoms with E-state index in [-0.39, 0.29) is 5.91 Å². The van der Waals surface area contributed by atoms with Crippen molar-refractivity contribution in [2.24, 2.45) is 11.7 Å². The van der Waals surface area contributed by atoms with Gasteiger partial charge in [0.25, 0.3) is 5.91 Å². The summed E-state index contributed by atoms with van der Waals surface area (Å²) in [5.41, 5.74) is 5.75. The minimum Gasteiger partial charge on any atom is -0.345 e. The van der Waals surface area contributed by atoms with Gasteiger partial charge < -0.3 is 11.1 Å². The number of hydrogen-bond donors (Lipinski definition) is 2. The molecule has 0 bridgehead atoms. The predicted molar refractivity (Wildman–Crippen MR) is 51.8 cm³/mol. The first-order chi connectivity index (χ1) is 6.22. The van der Waals surface area contributed by atoms with Crippen LogP contribution in [0, 0.1) is 17.8 Å². The van der Waals surface area contributed by atoms with Crippen molar-refractivity contribution in [1.29, 1.82) is 0 Å². The van der Waals surface area contributed by atoms with E-state index < -0.39 is 0 Å². The van der Waals surface area contributed by atoms with E-state index >= 15 is 0 Å². The smallest absolute Gasteiger partial charge is 0.295 e. The fourth-order valence-electron chi connectivity index (χ4n) is 1.69. The summed E-state index contributed by atoms with van der Waals surface area (Å²) in [6, 6.07) is 0.333. The molecule has 0 aromatic carbocycles. The van der Waals surface area contributed by atoms with Crippen molar-refractivity contribution < 1.29 is 4.79 Å². The van der Waals surface area contributed by atoms with Crippen LogP contribution in [0.1, 0.15) is 26.2 Å². The normalized spacial score (nSPS) is 26.3. The molecule has 0 aromatic heterocycles. The molecule has 72 valence electrons. The lowest BCUT2D eigenvalue weighted by Crippen LogP contribution is -2.27. The minimum atomic E-state index is -0.178. The maximum Gasteiger partial charge on any atom is 0.295 e. The number of rotatable bonds is 2. The molecule has 3 nitrogen and oxygen atoms in total. The van der Waals surface area contributed by atoms with Gasteiger partial charge in [-0.15, -0.1) is 0 Å². The van der Waals surface area contributed by atoms with E-state index in [9.17, 15) is 4.79 Å². The number of nitrogens with two attached hydrogens (primary N) is 1. The molecule has 2 unspecified atom stereocenters. The molecule has 1 aliphatic rings. The van der Waals surface area contributed by atoms with Gasteiger partial charge in [-0.1, -0.05) is 5.92 Å². The van der Waals surface area contributed by atoms with Crippen molar-refractivity contribution in [3.05, 3.63) is 0 Å². The molecule has 0 spiro atoms. The molecule has 1 amide bonds. The minimum absolute atomic E-state index is 0.178. The molecule has 0 aliphatic heterocycles. The van der Waals surface area contributed by atoms with Crippen LogP contribution in [0.5, 0.6) is 0 Å². The number of nitrogens with one attached hydrogen (secondary N) is 1. The quantitative estimate of drug-likeness (QED) is 0.599. The summed E-state index contributed by atoms with van der Waals surface area (Å²) in [7, 11) is 0. The Morgan fingerprint density at radius 3 is 2.92 bits per heavy atom. The number of carbonyl (C=O) groups excluding carboxylic acids is 1. The van der Waals surface area contributed by atoms with Gasteiger partial charge in [0, 0.05) is 12.6 Å². The topological polar surface area (TPSA) is 55.1 Å². The van der Waals surface area contributed by atoms with Crippen LogP contribution in [0.3, 0.4) is 0 Å². The Labute approximate surface area is 79.1 Å². The maximum atomic E-state index is 11.0. The summed E-state index contributed by atoms with van der Waals surface area (Å²) >= 11 is 0. The maximum absolute atomic E-state index is 11.0. The van der Waals surface area contributed by atoms with Crippen molar-refractivity contribution in [2.45, 2.75) is 32.2 Å². The monoisotopic (exact) mass is 180 g/mol. The van der Waals surface area contributed by atoms with E-state index in [0.29, 0.717) is 12.0 Å². The van der Waals surface area contributed by atoms with Crippen molar-refractivity contribution in [3.63, 3.8) is 0 Å². The highest BCUT2D eigenvalue weighted by atomic mass is 16.1. The molecule has 13 heavy (non-hydrogen) atoms. The third kappa shape index (κ3) is 3.47. The van der Waals surface area contributed by atoms with Crippen LogP contribution in [0.25, 0.3) is 0 Å². The average Bonchev–Trinajstić information content (AvgIpc) is 2.49. The Morgan fingerprint density at radius 2 is 2.38 bits per heavy atom. The SMILES string of the molecule is CC#CC(=O)NCC1CCC(N)C1. The van der Waals surface area contributed by atoms with Crippen molar-refractivity contribution in [1.82, 2.24) is 5.32 Å². The first kappa shape index (κ1) is 10.1. The number of carbonyl (C=O) groups is 1. The molecule has 1 rings (SSSR count). The Morgan fingerprint density at radius 1 is 1.62 bits per heavy atom.